The zero-order valence-electron chi connectivity index (χ0n) is 11.6. The average Bonchev–Trinajstić information content (AvgIpc) is 2.29. The molecule has 0 radical (unpaired) electrons. The van der Waals surface area contributed by atoms with Gasteiger partial charge in [-0.2, -0.15) is 0 Å². The van der Waals surface area contributed by atoms with E-state index in [0.717, 1.165) is 12.1 Å². The molecule has 0 fully saturated rings. The fourth-order valence-electron chi connectivity index (χ4n) is 1.96. The molecule has 0 atom stereocenters. The van der Waals surface area contributed by atoms with Crippen molar-refractivity contribution in [3.8, 4) is 0 Å². The largest absolute Gasteiger partial charge is 0.337 e. The number of benzene rings is 1. The Kier molecular flexibility index (Phi) is 5.79. The number of nitrogens with zero attached hydrogens (tertiary/aromatic N) is 1. The van der Waals surface area contributed by atoms with Crippen molar-refractivity contribution in [1.29, 1.82) is 0 Å². The lowest BCUT2D eigenvalue weighted by atomic mass is 10.2. The molecule has 0 aliphatic carbocycles. The zero-order valence-corrected chi connectivity index (χ0v) is 12.4. The molecule has 5 heteroatoms. The maximum absolute atomic E-state index is 13.0. The first-order chi connectivity index (χ1) is 8.82. The second-order valence-corrected chi connectivity index (χ2v) is 5.90. The summed E-state index contributed by atoms with van der Waals surface area (Å²) in [5.74, 6) is -1.54. The third kappa shape index (κ3) is 4.49. The van der Waals surface area contributed by atoms with Crippen molar-refractivity contribution in [2.75, 3.05) is 5.75 Å². The highest BCUT2D eigenvalue weighted by molar-refractivity contribution is 8.00. The van der Waals surface area contributed by atoms with Gasteiger partial charge in [0.1, 0.15) is 0 Å². The Labute approximate surface area is 117 Å². The van der Waals surface area contributed by atoms with Gasteiger partial charge in [0, 0.05) is 17.0 Å². The van der Waals surface area contributed by atoms with Gasteiger partial charge in [0.2, 0.25) is 5.91 Å². The normalized spacial score (nSPS) is 11.2. The van der Waals surface area contributed by atoms with Crippen molar-refractivity contribution in [3.05, 3.63) is 29.8 Å². The van der Waals surface area contributed by atoms with Gasteiger partial charge in [0.05, 0.1) is 5.75 Å². The quantitative estimate of drug-likeness (QED) is 0.770. The van der Waals surface area contributed by atoms with E-state index in [2.05, 4.69) is 0 Å². The van der Waals surface area contributed by atoms with Crippen molar-refractivity contribution in [1.82, 2.24) is 4.90 Å². The highest BCUT2D eigenvalue weighted by Gasteiger charge is 2.19. The summed E-state index contributed by atoms with van der Waals surface area (Å²) in [6, 6.07) is 3.91. The first-order valence-electron chi connectivity index (χ1n) is 6.22. The molecule has 0 spiro atoms. The van der Waals surface area contributed by atoms with Crippen molar-refractivity contribution in [2.24, 2.45) is 0 Å². The minimum atomic E-state index is -0.887. The molecule has 1 rings (SSSR count). The minimum Gasteiger partial charge on any atom is -0.337 e. The Morgan fingerprint density at radius 3 is 2.21 bits per heavy atom. The van der Waals surface area contributed by atoms with E-state index in [-0.39, 0.29) is 23.7 Å². The van der Waals surface area contributed by atoms with Gasteiger partial charge < -0.3 is 4.90 Å². The SMILES string of the molecule is CC(C)N(C(=O)CSc1ccc(F)c(F)c1)C(C)C. The fraction of sp³-hybridized carbons (Fsp3) is 0.500. The average molecular weight is 287 g/mol. The molecule has 0 unspecified atom stereocenters. The van der Waals surface area contributed by atoms with Crippen LogP contribution in [-0.4, -0.2) is 28.6 Å². The topological polar surface area (TPSA) is 20.3 Å². The van der Waals surface area contributed by atoms with Crippen LogP contribution < -0.4 is 0 Å². The molecule has 1 aromatic rings. The molecule has 0 aliphatic rings. The van der Waals surface area contributed by atoms with Gasteiger partial charge in [-0.15, -0.1) is 11.8 Å². The highest BCUT2D eigenvalue weighted by atomic mass is 32.2. The lowest BCUT2D eigenvalue weighted by Crippen LogP contribution is -2.43. The molecular formula is C14H19F2NOS. The van der Waals surface area contributed by atoms with Crippen molar-refractivity contribution in [2.45, 2.75) is 44.7 Å². The van der Waals surface area contributed by atoms with E-state index in [1.165, 1.54) is 17.8 Å². The molecule has 0 saturated carbocycles. The van der Waals surface area contributed by atoms with Crippen LogP contribution in [0.3, 0.4) is 0 Å². The number of carbonyl (C=O) groups is 1. The molecule has 19 heavy (non-hydrogen) atoms. The highest BCUT2D eigenvalue weighted by Crippen LogP contribution is 2.21. The lowest BCUT2D eigenvalue weighted by molar-refractivity contribution is -0.131. The molecular weight excluding hydrogens is 268 g/mol. The van der Waals surface area contributed by atoms with Gasteiger partial charge in [-0.3, -0.25) is 4.79 Å². The van der Waals surface area contributed by atoms with Crippen molar-refractivity contribution < 1.29 is 13.6 Å². The van der Waals surface area contributed by atoms with Crippen LogP contribution >= 0.6 is 11.8 Å². The Morgan fingerprint density at radius 2 is 1.74 bits per heavy atom. The molecule has 0 N–H and O–H groups in total. The molecule has 2 nitrogen and oxygen atoms in total. The Balaban J connectivity index is 2.65. The van der Waals surface area contributed by atoms with E-state index in [0.29, 0.717) is 4.90 Å². The monoisotopic (exact) mass is 287 g/mol. The Bertz CT molecular complexity index is 441. The fourth-order valence-corrected chi connectivity index (χ4v) is 2.75. The molecule has 1 amide bonds. The molecule has 1 aromatic carbocycles. The van der Waals surface area contributed by atoms with E-state index in [4.69, 9.17) is 0 Å². The van der Waals surface area contributed by atoms with Crippen LogP contribution in [0.4, 0.5) is 8.78 Å². The van der Waals surface area contributed by atoms with Crippen molar-refractivity contribution >= 4 is 17.7 Å². The summed E-state index contributed by atoms with van der Waals surface area (Å²) in [6.07, 6.45) is 0. The summed E-state index contributed by atoms with van der Waals surface area (Å²) in [5.41, 5.74) is 0. The maximum Gasteiger partial charge on any atom is 0.233 e. The Hall–Kier alpha value is -1.10. The molecule has 0 aliphatic heterocycles. The van der Waals surface area contributed by atoms with Crippen LogP contribution in [0.2, 0.25) is 0 Å². The summed E-state index contributed by atoms with van der Waals surface area (Å²) in [7, 11) is 0. The van der Waals surface area contributed by atoms with E-state index in [9.17, 15) is 13.6 Å². The van der Waals surface area contributed by atoms with Crippen LogP contribution in [0.5, 0.6) is 0 Å². The minimum absolute atomic E-state index is 0.000247. The van der Waals surface area contributed by atoms with E-state index >= 15 is 0 Å². The van der Waals surface area contributed by atoms with E-state index < -0.39 is 11.6 Å². The third-order valence-electron chi connectivity index (χ3n) is 2.65. The van der Waals surface area contributed by atoms with Gasteiger partial charge in [-0.1, -0.05) is 0 Å². The van der Waals surface area contributed by atoms with Gasteiger partial charge in [0.25, 0.3) is 0 Å². The number of thioether (sulfide) groups is 1. The maximum atomic E-state index is 13.0. The van der Waals surface area contributed by atoms with Gasteiger partial charge in [0.15, 0.2) is 11.6 Å². The molecule has 0 heterocycles. The number of amides is 1. The van der Waals surface area contributed by atoms with Crippen LogP contribution in [0.25, 0.3) is 0 Å². The van der Waals surface area contributed by atoms with Gasteiger partial charge in [-0.25, -0.2) is 8.78 Å². The standard InChI is InChI=1S/C14H19F2NOS/c1-9(2)17(10(3)4)14(18)8-19-11-5-6-12(15)13(16)7-11/h5-7,9-10H,8H2,1-4H3. The molecule has 106 valence electrons. The van der Waals surface area contributed by atoms with Crippen LogP contribution in [-0.2, 0) is 4.79 Å². The second-order valence-electron chi connectivity index (χ2n) is 4.85. The first kappa shape index (κ1) is 16.0. The summed E-state index contributed by atoms with van der Waals surface area (Å²) >= 11 is 1.22. The van der Waals surface area contributed by atoms with Crippen LogP contribution in [0.15, 0.2) is 23.1 Å². The number of carbonyl (C=O) groups excluding carboxylic acids is 1. The number of halogens is 2. The smallest absolute Gasteiger partial charge is 0.233 e. The van der Waals surface area contributed by atoms with Crippen LogP contribution in [0, 0.1) is 11.6 Å². The number of rotatable bonds is 5. The predicted octanol–water partition coefficient (Wildman–Crippen LogP) is 3.70. The summed E-state index contributed by atoms with van der Waals surface area (Å²) in [5, 5.41) is 0. The molecule has 0 aromatic heterocycles. The zero-order chi connectivity index (χ0) is 14.6. The van der Waals surface area contributed by atoms with E-state index in [1.54, 1.807) is 4.90 Å². The lowest BCUT2D eigenvalue weighted by Gasteiger charge is -2.30. The van der Waals surface area contributed by atoms with Gasteiger partial charge in [-0.05, 0) is 45.9 Å². The third-order valence-corrected chi connectivity index (χ3v) is 3.63. The van der Waals surface area contributed by atoms with E-state index in [1.807, 2.05) is 27.7 Å². The summed E-state index contributed by atoms with van der Waals surface area (Å²) < 4.78 is 25.8. The first-order valence-corrected chi connectivity index (χ1v) is 7.20. The van der Waals surface area contributed by atoms with Gasteiger partial charge >= 0.3 is 0 Å². The number of hydrogen-bond acceptors (Lipinski definition) is 2. The predicted molar refractivity (Wildman–Crippen MR) is 74.2 cm³/mol. The van der Waals surface area contributed by atoms with Crippen molar-refractivity contribution in [3.63, 3.8) is 0 Å². The summed E-state index contributed by atoms with van der Waals surface area (Å²) in [6.45, 7) is 7.83. The molecule has 0 bridgehead atoms. The second kappa shape index (κ2) is 6.89. The van der Waals surface area contributed by atoms with Crippen LogP contribution in [0.1, 0.15) is 27.7 Å². The number of hydrogen-bond donors (Lipinski definition) is 0. The Morgan fingerprint density at radius 1 is 1.16 bits per heavy atom. The summed E-state index contributed by atoms with van der Waals surface area (Å²) in [4.78, 5) is 14.4. The molecule has 0 saturated heterocycles.